The van der Waals surface area contributed by atoms with Crippen molar-refractivity contribution in [3.63, 3.8) is 0 Å². The van der Waals surface area contributed by atoms with Crippen molar-refractivity contribution in [2.45, 2.75) is 39.5 Å². The smallest absolute Gasteiger partial charge is 0.337 e. The first-order chi connectivity index (χ1) is 14.4. The summed E-state index contributed by atoms with van der Waals surface area (Å²) < 4.78 is 0. The first-order valence-electron chi connectivity index (χ1n) is 10.2. The lowest BCUT2D eigenvalue weighted by Crippen LogP contribution is -2.36. The molecule has 1 amide bonds. The third-order valence-electron chi connectivity index (χ3n) is 5.59. The van der Waals surface area contributed by atoms with Crippen LogP contribution in [0.4, 0.5) is 11.5 Å². The molecule has 1 aliphatic rings. The molecule has 3 rings (SSSR count). The monoisotopic (exact) mass is 406 g/mol. The van der Waals surface area contributed by atoms with Crippen LogP contribution >= 0.6 is 0 Å². The number of nitrogens with zero attached hydrogens (tertiary/aromatic N) is 3. The van der Waals surface area contributed by atoms with Crippen molar-refractivity contribution in [3.05, 3.63) is 52.7 Å². The van der Waals surface area contributed by atoms with Gasteiger partial charge < -0.3 is 15.3 Å². The highest BCUT2D eigenvalue weighted by Gasteiger charge is 2.27. The molecule has 1 fully saturated rings. The van der Waals surface area contributed by atoms with Gasteiger partial charge in [-0.25, -0.2) is 9.78 Å². The number of pyridine rings is 1. The average Bonchev–Trinajstić information content (AvgIpc) is 2.73. The fourth-order valence-electron chi connectivity index (χ4n) is 4.08. The number of hydrogen-bond acceptors (Lipinski definition) is 5. The molecule has 2 heterocycles. The number of carbonyl (C=O) groups excluding carboxylic acids is 1. The molecule has 0 unspecified atom stereocenters. The third kappa shape index (κ3) is 4.60. The molecule has 30 heavy (non-hydrogen) atoms. The zero-order valence-corrected chi connectivity index (χ0v) is 17.3. The molecule has 1 saturated heterocycles. The Bertz CT molecular complexity index is 974. The SMILES string of the molecule is CCc1c(C#N)c(N2CCC(CC(=O)Nc3ccccc3)CC2)nc(C)c1C(=O)O. The summed E-state index contributed by atoms with van der Waals surface area (Å²) in [6.45, 7) is 4.89. The quantitative estimate of drug-likeness (QED) is 0.756. The summed E-state index contributed by atoms with van der Waals surface area (Å²) in [5.41, 5.74) is 2.24. The van der Waals surface area contributed by atoms with Gasteiger partial charge in [-0.3, -0.25) is 4.79 Å². The van der Waals surface area contributed by atoms with E-state index in [0.717, 1.165) is 18.5 Å². The van der Waals surface area contributed by atoms with Crippen LogP contribution in [0.2, 0.25) is 0 Å². The van der Waals surface area contributed by atoms with E-state index in [1.165, 1.54) is 0 Å². The van der Waals surface area contributed by atoms with E-state index in [0.29, 0.717) is 48.6 Å². The Morgan fingerprint density at radius 3 is 2.50 bits per heavy atom. The number of amides is 1. The summed E-state index contributed by atoms with van der Waals surface area (Å²) in [7, 11) is 0. The van der Waals surface area contributed by atoms with Crippen LogP contribution in [0.5, 0.6) is 0 Å². The highest BCUT2D eigenvalue weighted by atomic mass is 16.4. The molecule has 1 aliphatic heterocycles. The van der Waals surface area contributed by atoms with Crippen molar-refractivity contribution in [3.8, 4) is 6.07 Å². The van der Waals surface area contributed by atoms with E-state index in [9.17, 15) is 20.0 Å². The van der Waals surface area contributed by atoms with Crippen molar-refractivity contribution in [1.82, 2.24) is 4.98 Å². The van der Waals surface area contributed by atoms with Crippen LogP contribution in [0.1, 0.15) is 53.4 Å². The van der Waals surface area contributed by atoms with Crippen LogP contribution in [0.15, 0.2) is 30.3 Å². The maximum Gasteiger partial charge on any atom is 0.337 e. The van der Waals surface area contributed by atoms with Crippen molar-refractivity contribution in [2.75, 3.05) is 23.3 Å². The van der Waals surface area contributed by atoms with E-state index in [2.05, 4.69) is 16.4 Å². The van der Waals surface area contributed by atoms with Crippen LogP contribution in [0.3, 0.4) is 0 Å². The van der Waals surface area contributed by atoms with Crippen molar-refractivity contribution >= 4 is 23.4 Å². The number of nitrogens with one attached hydrogen (secondary N) is 1. The number of nitriles is 1. The summed E-state index contributed by atoms with van der Waals surface area (Å²) in [5, 5.41) is 22.2. The Labute approximate surface area is 176 Å². The van der Waals surface area contributed by atoms with E-state index >= 15 is 0 Å². The molecule has 2 aromatic rings. The number of carboxylic acid groups (broad SMARTS) is 1. The van der Waals surface area contributed by atoms with Crippen LogP contribution in [-0.2, 0) is 11.2 Å². The summed E-state index contributed by atoms with van der Waals surface area (Å²) in [5.74, 6) is -0.224. The molecule has 156 valence electrons. The Morgan fingerprint density at radius 1 is 1.27 bits per heavy atom. The highest BCUT2D eigenvalue weighted by molar-refractivity contribution is 5.92. The average molecular weight is 406 g/mol. The minimum Gasteiger partial charge on any atom is -0.478 e. The van der Waals surface area contributed by atoms with Crippen molar-refractivity contribution in [1.29, 1.82) is 5.26 Å². The predicted octanol–water partition coefficient (Wildman–Crippen LogP) is 3.77. The summed E-state index contributed by atoms with van der Waals surface area (Å²) in [6, 6.07) is 11.6. The number of hydrogen-bond donors (Lipinski definition) is 2. The summed E-state index contributed by atoms with van der Waals surface area (Å²) in [6.07, 6.45) is 2.54. The van der Waals surface area contributed by atoms with E-state index in [1.807, 2.05) is 42.2 Å². The fraction of sp³-hybridized carbons (Fsp3) is 0.391. The highest BCUT2D eigenvalue weighted by Crippen LogP contribution is 2.31. The van der Waals surface area contributed by atoms with Crippen molar-refractivity contribution in [2.24, 2.45) is 5.92 Å². The largest absolute Gasteiger partial charge is 0.478 e. The molecule has 0 aliphatic carbocycles. The summed E-state index contributed by atoms with van der Waals surface area (Å²) >= 11 is 0. The van der Waals surface area contributed by atoms with Gasteiger partial charge >= 0.3 is 5.97 Å². The Kier molecular flexibility index (Phi) is 6.68. The van der Waals surface area contributed by atoms with E-state index in [4.69, 9.17) is 0 Å². The van der Waals surface area contributed by atoms with Crippen LogP contribution < -0.4 is 10.2 Å². The molecule has 2 N–H and O–H groups in total. The number of carbonyl (C=O) groups is 2. The van der Waals surface area contributed by atoms with E-state index in [1.54, 1.807) is 6.92 Å². The topological polar surface area (TPSA) is 106 Å². The molecule has 0 atom stereocenters. The van der Waals surface area contributed by atoms with Gasteiger partial charge in [-0.2, -0.15) is 5.26 Å². The lowest BCUT2D eigenvalue weighted by atomic mass is 9.92. The van der Waals surface area contributed by atoms with Gasteiger partial charge in [0, 0.05) is 25.2 Å². The molecule has 7 heteroatoms. The normalized spacial score (nSPS) is 14.2. The number of aromatic nitrogens is 1. The Morgan fingerprint density at radius 2 is 1.93 bits per heavy atom. The maximum absolute atomic E-state index is 12.3. The van der Waals surface area contributed by atoms with Crippen LogP contribution in [-0.4, -0.2) is 35.1 Å². The van der Waals surface area contributed by atoms with Gasteiger partial charge in [0.25, 0.3) is 0 Å². The molecule has 0 spiro atoms. The molecule has 0 radical (unpaired) electrons. The predicted molar refractivity (Wildman–Crippen MR) is 115 cm³/mol. The van der Waals surface area contributed by atoms with Gasteiger partial charge in [0.05, 0.1) is 16.8 Å². The second-order valence-corrected chi connectivity index (χ2v) is 7.57. The van der Waals surface area contributed by atoms with Gasteiger partial charge in [-0.05, 0) is 49.8 Å². The molecular formula is C23H26N4O3. The van der Waals surface area contributed by atoms with Crippen molar-refractivity contribution < 1.29 is 14.7 Å². The van der Waals surface area contributed by atoms with Gasteiger partial charge in [0.15, 0.2) is 0 Å². The number of aryl methyl sites for hydroxylation is 1. The van der Waals surface area contributed by atoms with Crippen LogP contribution in [0, 0.1) is 24.2 Å². The molecule has 1 aromatic heterocycles. The van der Waals surface area contributed by atoms with Gasteiger partial charge in [-0.15, -0.1) is 0 Å². The second kappa shape index (κ2) is 9.40. The lowest BCUT2D eigenvalue weighted by molar-refractivity contribution is -0.117. The minimum absolute atomic E-state index is 0.00501. The Balaban J connectivity index is 1.69. The fourth-order valence-corrected chi connectivity index (χ4v) is 4.08. The molecule has 1 aromatic carbocycles. The molecule has 7 nitrogen and oxygen atoms in total. The van der Waals surface area contributed by atoms with Crippen LogP contribution in [0.25, 0.3) is 0 Å². The standard InChI is InChI=1S/C23H26N4O3/c1-3-18-19(14-24)22(25-15(2)21(18)23(29)30)27-11-9-16(10-12-27)13-20(28)26-17-7-5-4-6-8-17/h4-8,16H,3,9-13H2,1-2H3,(H,26,28)(H,29,30). The zero-order valence-electron chi connectivity index (χ0n) is 17.3. The number of aromatic carboxylic acids is 1. The maximum atomic E-state index is 12.3. The third-order valence-corrected chi connectivity index (χ3v) is 5.59. The van der Waals surface area contributed by atoms with Gasteiger partial charge in [0.2, 0.25) is 5.91 Å². The Hall–Kier alpha value is -3.40. The van der Waals surface area contributed by atoms with Gasteiger partial charge in [0.1, 0.15) is 11.9 Å². The first-order valence-corrected chi connectivity index (χ1v) is 10.2. The van der Waals surface area contributed by atoms with E-state index < -0.39 is 5.97 Å². The zero-order chi connectivity index (χ0) is 21.7. The number of benzene rings is 1. The number of carboxylic acids is 1. The summed E-state index contributed by atoms with van der Waals surface area (Å²) in [4.78, 5) is 30.5. The molecule has 0 saturated carbocycles. The first kappa shape index (κ1) is 21.3. The number of piperidine rings is 1. The number of rotatable bonds is 6. The molecular weight excluding hydrogens is 380 g/mol. The molecule has 0 bridgehead atoms. The lowest BCUT2D eigenvalue weighted by Gasteiger charge is -2.33. The minimum atomic E-state index is -1.05. The number of anilines is 2. The van der Waals surface area contributed by atoms with Gasteiger partial charge in [-0.1, -0.05) is 25.1 Å². The number of para-hydroxylation sites is 1. The second-order valence-electron chi connectivity index (χ2n) is 7.57. The van der Waals surface area contributed by atoms with E-state index in [-0.39, 0.29) is 17.4 Å².